The van der Waals surface area contributed by atoms with Gasteiger partial charge in [0.15, 0.2) is 5.82 Å². The molecule has 140 valence electrons. The third-order valence-electron chi connectivity index (χ3n) is 5.19. The summed E-state index contributed by atoms with van der Waals surface area (Å²) in [7, 11) is 3.61. The van der Waals surface area contributed by atoms with Crippen LogP contribution in [0, 0.1) is 0 Å². The summed E-state index contributed by atoms with van der Waals surface area (Å²) in [6.07, 6.45) is 3.10. The first-order valence-electron chi connectivity index (χ1n) is 8.95. The van der Waals surface area contributed by atoms with Crippen LogP contribution < -0.4 is 4.74 Å². The Bertz CT molecular complexity index is 767. The Morgan fingerprint density at radius 3 is 2.88 bits per heavy atom. The molecule has 2 aromatic rings. The van der Waals surface area contributed by atoms with Crippen molar-refractivity contribution in [1.82, 2.24) is 25.1 Å². The number of aryl methyl sites for hydroxylation is 1. The molecule has 0 radical (unpaired) electrons. The first kappa shape index (κ1) is 17.0. The van der Waals surface area contributed by atoms with Crippen LogP contribution in [-0.4, -0.2) is 64.8 Å². The summed E-state index contributed by atoms with van der Waals surface area (Å²) in [4.78, 5) is 20.9. The number of amides is 1. The van der Waals surface area contributed by atoms with Gasteiger partial charge in [-0.25, -0.2) is 0 Å². The normalized spacial score (nSPS) is 21.2. The zero-order chi connectivity index (χ0) is 18.1. The van der Waals surface area contributed by atoms with Crippen molar-refractivity contribution in [3.63, 3.8) is 0 Å². The lowest BCUT2D eigenvalue weighted by Gasteiger charge is -2.37. The Hall–Kier alpha value is -2.42. The molecular weight excluding hydrogens is 338 g/mol. The number of likely N-dealkylation sites (tertiary alicyclic amines) is 2. The van der Waals surface area contributed by atoms with Crippen LogP contribution in [0.3, 0.4) is 0 Å². The Labute approximate surface area is 151 Å². The second-order valence-corrected chi connectivity index (χ2v) is 6.96. The smallest absolute Gasteiger partial charge is 0.254 e. The molecule has 2 saturated heterocycles. The number of nitrogens with zero attached hydrogens (tertiary/aromatic N) is 5. The molecule has 9 nitrogen and oxygen atoms in total. The van der Waals surface area contributed by atoms with Gasteiger partial charge in [0, 0.05) is 32.0 Å². The average Bonchev–Trinajstić information content (AvgIpc) is 3.31. The standard InChI is InChI=1S/C17H23N5O4/c1-21-7-3-4-13(21)17-18-16(20-26-17)11-9-22(10-11)15(23)6-5-12-8-14(24-2)19-25-12/h8,11,13H,3-7,9-10H2,1-2H3. The van der Waals surface area contributed by atoms with Gasteiger partial charge in [-0.3, -0.25) is 9.69 Å². The van der Waals surface area contributed by atoms with E-state index in [2.05, 4.69) is 27.2 Å². The van der Waals surface area contributed by atoms with E-state index in [9.17, 15) is 4.79 Å². The van der Waals surface area contributed by atoms with Gasteiger partial charge in [-0.1, -0.05) is 5.16 Å². The number of aromatic nitrogens is 3. The maximum atomic E-state index is 12.3. The van der Waals surface area contributed by atoms with E-state index >= 15 is 0 Å². The highest BCUT2D eigenvalue weighted by atomic mass is 16.5. The fourth-order valence-electron chi connectivity index (χ4n) is 3.51. The molecule has 1 atom stereocenters. The molecule has 0 spiro atoms. The van der Waals surface area contributed by atoms with Crippen molar-refractivity contribution in [3.05, 3.63) is 23.5 Å². The minimum Gasteiger partial charge on any atom is -0.479 e. The predicted molar refractivity (Wildman–Crippen MR) is 89.6 cm³/mol. The van der Waals surface area contributed by atoms with Crippen LogP contribution >= 0.6 is 0 Å². The Morgan fingerprint density at radius 1 is 1.35 bits per heavy atom. The number of hydrogen-bond acceptors (Lipinski definition) is 8. The molecule has 4 heterocycles. The minimum absolute atomic E-state index is 0.0934. The molecule has 0 aromatic carbocycles. The van der Waals surface area contributed by atoms with E-state index in [0.29, 0.717) is 49.3 Å². The van der Waals surface area contributed by atoms with Crippen LogP contribution in [0.1, 0.15) is 48.7 Å². The van der Waals surface area contributed by atoms with Crippen molar-refractivity contribution in [1.29, 1.82) is 0 Å². The fourth-order valence-corrected chi connectivity index (χ4v) is 3.51. The molecule has 2 aromatic heterocycles. The van der Waals surface area contributed by atoms with Crippen molar-refractivity contribution in [2.75, 3.05) is 33.8 Å². The topological polar surface area (TPSA) is 97.7 Å². The third-order valence-corrected chi connectivity index (χ3v) is 5.19. The lowest BCUT2D eigenvalue weighted by Crippen LogP contribution is -2.48. The van der Waals surface area contributed by atoms with E-state index in [1.54, 1.807) is 6.07 Å². The predicted octanol–water partition coefficient (Wildman–Crippen LogP) is 1.39. The highest BCUT2D eigenvalue weighted by Crippen LogP contribution is 2.31. The summed E-state index contributed by atoms with van der Waals surface area (Å²) in [5.74, 6) is 2.74. The van der Waals surface area contributed by atoms with Gasteiger partial charge in [-0.05, 0) is 31.6 Å². The van der Waals surface area contributed by atoms with Crippen molar-refractivity contribution < 1.29 is 18.6 Å². The lowest BCUT2D eigenvalue weighted by atomic mass is 9.98. The largest absolute Gasteiger partial charge is 0.479 e. The third kappa shape index (κ3) is 3.31. The first-order valence-corrected chi connectivity index (χ1v) is 8.95. The molecule has 4 rings (SSSR count). The van der Waals surface area contributed by atoms with Gasteiger partial charge >= 0.3 is 0 Å². The fraction of sp³-hybridized carbons (Fsp3) is 0.647. The Kier molecular flexibility index (Phi) is 4.62. The summed E-state index contributed by atoms with van der Waals surface area (Å²) in [6, 6.07) is 1.93. The molecule has 1 unspecified atom stereocenters. The summed E-state index contributed by atoms with van der Waals surface area (Å²) in [6.45, 7) is 2.33. The summed E-state index contributed by atoms with van der Waals surface area (Å²) >= 11 is 0. The van der Waals surface area contributed by atoms with Crippen LogP contribution in [0.15, 0.2) is 15.1 Å². The maximum Gasteiger partial charge on any atom is 0.254 e. The second kappa shape index (κ2) is 7.06. The average molecular weight is 361 g/mol. The number of rotatable bonds is 6. The van der Waals surface area contributed by atoms with Gasteiger partial charge in [0.1, 0.15) is 5.76 Å². The van der Waals surface area contributed by atoms with Gasteiger partial charge in [-0.15, -0.1) is 0 Å². The molecular formula is C17H23N5O4. The lowest BCUT2D eigenvalue weighted by molar-refractivity contribution is -0.135. The number of methoxy groups -OCH3 is 1. The van der Waals surface area contributed by atoms with E-state index in [4.69, 9.17) is 13.8 Å². The summed E-state index contributed by atoms with van der Waals surface area (Å²) < 4.78 is 15.5. The molecule has 26 heavy (non-hydrogen) atoms. The highest BCUT2D eigenvalue weighted by Gasteiger charge is 2.36. The number of carbonyl (C=O) groups excluding carboxylic acids is 1. The van der Waals surface area contributed by atoms with Crippen molar-refractivity contribution in [3.8, 4) is 5.88 Å². The zero-order valence-corrected chi connectivity index (χ0v) is 15.1. The van der Waals surface area contributed by atoms with E-state index < -0.39 is 0 Å². The molecule has 1 amide bonds. The number of ether oxygens (including phenoxy) is 1. The van der Waals surface area contributed by atoms with Crippen LogP contribution in [0.4, 0.5) is 0 Å². The zero-order valence-electron chi connectivity index (χ0n) is 15.1. The van der Waals surface area contributed by atoms with Crippen molar-refractivity contribution >= 4 is 5.91 Å². The van der Waals surface area contributed by atoms with E-state index in [0.717, 1.165) is 19.4 Å². The van der Waals surface area contributed by atoms with E-state index in [1.807, 2.05) is 4.90 Å². The molecule has 0 aliphatic carbocycles. The van der Waals surface area contributed by atoms with Crippen LogP contribution in [0.5, 0.6) is 5.88 Å². The van der Waals surface area contributed by atoms with Crippen LogP contribution in [0.2, 0.25) is 0 Å². The van der Waals surface area contributed by atoms with Gasteiger partial charge in [0.05, 0.1) is 19.1 Å². The minimum atomic E-state index is 0.0934. The van der Waals surface area contributed by atoms with E-state index in [1.165, 1.54) is 7.11 Å². The molecule has 2 aliphatic heterocycles. The quantitative estimate of drug-likeness (QED) is 0.761. The molecule has 0 N–H and O–H groups in total. The van der Waals surface area contributed by atoms with Crippen molar-refractivity contribution in [2.24, 2.45) is 0 Å². The summed E-state index contributed by atoms with van der Waals surface area (Å²) in [5.41, 5.74) is 0. The molecule has 9 heteroatoms. The molecule has 2 fully saturated rings. The van der Waals surface area contributed by atoms with Gasteiger partial charge < -0.3 is 18.7 Å². The van der Waals surface area contributed by atoms with Gasteiger partial charge in [0.2, 0.25) is 11.8 Å². The summed E-state index contributed by atoms with van der Waals surface area (Å²) in [5, 5.41) is 7.86. The maximum absolute atomic E-state index is 12.3. The number of carbonyl (C=O) groups is 1. The second-order valence-electron chi connectivity index (χ2n) is 6.96. The molecule has 0 saturated carbocycles. The molecule has 2 aliphatic rings. The SMILES string of the molecule is COc1cc(CCC(=O)N2CC(c3noc(C4CCCN4C)n3)C2)on1. The van der Waals surface area contributed by atoms with Crippen molar-refractivity contribution in [2.45, 2.75) is 37.6 Å². The van der Waals surface area contributed by atoms with Gasteiger partial charge in [0.25, 0.3) is 5.88 Å². The van der Waals surface area contributed by atoms with Crippen LogP contribution in [-0.2, 0) is 11.2 Å². The monoisotopic (exact) mass is 361 g/mol. The molecule has 0 bridgehead atoms. The number of hydrogen-bond donors (Lipinski definition) is 0. The highest BCUT2D eigenvalue weighted by molar-refractivity contribution is 5.77. The van der Waals surface area contributed by atoms with Gasteiger partial charge in [-0.2, -0.15) is 4.98 Å². The Balaban J connectivity index is 1.25. The first-order chi connectivity index (χ1) is 12.6. The van der Waals surface area contributed by atoms with E-state index in [-0.39, 0.29) is 17.9 Å². The Morgan fingerprint density at radius 2 is 2.19 bits per heavy atom. The van der Waals surface area contributed by atoms with Crippen LogP contribution in [0.25, 0.3) is 0 Å².